The zero-order chi connectivity index (χ0) is 19.7. The molecule has 7 heteroatoms. The molecule has 1 aliphatic heterocycles. The summed E-state index contributed by atoms with van der Waals surface area (Å²) < 4.78 is 0. The molecular weight excluding hydrogens is 350 g/mol. The highest BCUT2D eigenvalue weighted by Crippen LogP contribution is 2.29. The second kappa shape index (κ2) is 7.58. The lowest BCUT2D eigenvalue weighted by Crippen LogP contribution is -2.47. The van der Waals surface area contributed by atoms with E-state index in [9.17, 15) is 0 Å². The highest BCUT2D eigenvalue weighted by molar-refractivity contribution is 5.93. The molecule has 3 heterocycles. The molecule has 1 fully saturated rings. The standard InChI is InChI=1S/C21H27N7/c1-15-17-9-5-6-10-18(17)21(25-24-15)28-11-7-8-16(13-28)27(4)20-12-19(26(2)3)22-14-23-20/h5-6,9-10,12,14,16H,7-8,11,13H2,1-4H3. The van der Waals surface area contributed by atoms with E-state index in [1.54, 1.807) is 6.33 Å². The molecule has 1 saturated heterocycles. The Morgan fingerprint density at radius 2 is 1.75 bits per heavy atom. The maximum absolute atomic E-state index is 4.56. The fourth-order valence-electron chi connectivity index (χ4n) is 3.88. The number of hydrogen-bond donors (Lipinski definition) is 0. The van der Waals surface area contributed by atoms with Crippen molar-refractivity contribution in [3.63, 3.8) is 0 Å². The summed E-state index contributed by atoms with van der Waals surface area (Å²) in [4.78, 5) is 15.5. The molecule has 0 bridgehead atoms. The maximum Gasteiger partial charge on any atom is 0.159 e. The molecule has 146 valence electrons. The number of fused-ring (bicyclic) bond motifs is 1. The van der Waals surface area contributed by atoms with Gasteiger partial charge in [0.15, 0.2) is 5.82 Å². The maximum atomic E-state index is 4.56. The number of benzene rings is 1. The predicted molar refractivity (Wildman–Crippen MR) is 114 cm³/mol. The van der Waals surface area contributed by atoms with Crippen molar-refractivity contribution >= 4 is 28.2 Å². The van der Waals surface area contributed by atoms with Gasteiger partial charge < -0.3 is 14.7 Å². The van der Waals surface area contributed by atoms with E-state index in [1.807, 2.05) is 32.0 Å². The van der Waals surface area contributed by atoms with Crippen molar-refractivity contribution in [2.24, 2.45) is 0 Å². The second-order valence-corrected chi connectivity index (χ2v) is 7.64. The Hall–Kier alpha value is -2.96. The third kappa shape index (κ3) is 3.44. The Morgan fingerprint density at radius 3 is 2.54 bits per heavy atom. The van der Waals surface area contributed by atoms with E-state index in [-0.39, 0.29) is 0 Å². The van der Waals surface area contributed by atoms with E-state index >= 15 is 0 Å². The van der Waals surface area contributed by atoms with Gasteiger partial charge in [0, 0.05) is 57.1 Å². The number of aromatic nitrogens is 4. The first kappa shape index (κ1) is 18.4. The quantitative estimate of drug-likeness (QED) is 0.693. The van der Waals surface area contributed by atoms with Gasteiger partial charge in [-0.2, -0.15) is 5.10 Å². The molecular formula is C21H27N7. The van der Waals surface area contributed by atoms with Crippen LogP contribution in [0.5, 0.6) is 0 Å². The smallest absolute Gasteiger partial charge is 0.159 e. The fraction of sp³-hybridized carbons (Fsp3) is 0.429. The van der Waals surface area contributed by atoms with Crippen LogP contribution in [-0.2, 0) is 0 Å². The summed E-state index contributed by atoms with van der Waals surface area (Å²) in [7, 11) is 6.11. The Labute approximate surface area is 166 Å². The van der Waals surface area contributed by atoms with Crippen LogP contribution in [0.1, 0.15) is 18.5 Å². The number of rotatable bonds is 4. The van der Waals surface area contributed by atoms with Crippen LogP contribution < -0.4 is 14.7 Å². The van der Waals surface area contributed by atoms with Gasteiger partial charge >= 0.3 is 0 Å². The summed E-state index contributed by atoms with van der Waals surface area (Å²) in [6.07, 6.45) is 3.89. The van der Waals surface area contributed by atoms with Crippen LogP contribution in [0.4, 0.5) is 17.5 Å². The van der Waals surface area contributed by atoms with Crippen molar-refractivity contribution in [3.8, 4) is 0 Å². The van der Waals surface area contributed by atoms with Crippen LogP contribution in [0.2, 0.25) is 0 Å². The summed E-state index contributed by atoms with van der Waals surface area (Å²) in [5.74, 6) is 2.85. The van der Waals surface area contributed by atoms with Crippen molar-refractivity contribution in [3.05, 3.63) is 42.4 Å². The van der Waals surface area contributed by atoms with Crippen LogP contribution in [-0.4, -0.2) is 60.4 Å². The second-order valence-electron chi connectivity index (χ2n) is 7.64. The van der Waals surface area contributed by atoms with Gasteiger partial charge in [-0.25, -0.2) is 9.97 Å². The molecule has 0 amide bonds. The molecule has 7 nitrogen and oxygen atoms in total. The number of nitrogens with zero attached hydrogens (tertiary/aromatic N) is 7. The van der Waals surface area contributed by atoms with Crippen LogP contribution >= 0.6 is 0 Å². The largest absolute Gasteiger partial charge is 0.363 e. The van der Waals surface area contributed by atoms with Crippen LogP contribution in [0.25, 0.3) is 10.8 Å². The monoisotopic (exact) mass is 377 g/mol. The molecule has 1 unspecified atom stereocenters. The Kier molecular flexibility index (Phi) is 4.98. The van der Waals surface area contributed by atoms with Crippen molar-refractivity contribution in [1.82, 2.24) is 20.2 Å². The molecule has 0 spiro atoms. The van der Waals surface area contributed by atoms with Crippen LogP contribution in [0.3, 0.4) is 0 Å². The van der Waals surface area contributed by atoms with Crippen LogP contribution in [0.15, 0.2) is 36.7 Å². The number of aryl methyl sites for hydroxylation is 1. The highest BCUT2D eigenvalue weighted by Gasteiger charge is 2.26. The fourth-order valence-corrected chi connectivity index (χ4v) is 3.88. The average Bonchev–Trinajstić information content (AvgIpc) is 2.74. The number of hydrogen-bond acceptors (Lipinski definition) is 7. The molecule has 0 saturated carbocycles. The molecule has 0 aliphatic carbocycles. The lowest BCUT2D eigenvalue weighted by atomic mass is 10.0. The molecule has 2 aromatic heterocycles. The molecule has 1 aromatic carbocycles. The minimum Gasteiger partial charge on any atom is -0.363 e. The van der Waals surface area contributed by atoms with E-state index in [0.29, 0.717) is 6.04 Å². The topological polar surface area (TPSA) is 61.3 Å². The SMILES string of the molecule is Cc1nnc(N2CCCC(N(C)c3cc(N(C)C)ncn3)C2)c2ccccc12. The lowest BCUT2D eigenvalue weighted by molar-refractivity contribution is 0.483. The van der Waals surface area contributed by atoms with Crippen molar-refractivity contribution in [2.45, 2.75) is 25.8 Å². The minimum atomic E-state index is 0.362. The normalized spacial score (nSPS) is 17.0. The number of anilines is 3. The van der Waals surface area contributed by atoms with E-state index in [2.05, 4.69) is 61.3 Å². The summed E-state index contributed by atoms with van der Waals surface area (Å²) in [6.45, 7) is 3.92. The van der Waals surface area contributed by atoms with Gasteiger partial charge in [0.2, 0.25) is 0 Å². The van der Waals surface area contributed by atoms with Gasteiger partial charge in [-0.15, -0.1) is 5.10 Å². The van der Waals surface area contributed by atoms with Gasteiger partial charge in [-0.1, -0.05) is 24.3 Å². The van der Waals surface area contributed by atoms with Gasteiger partial charge in [0.05, 0.1) is 5.69 Å². The Balaban J connectivity index is 1.60. The van der Waals surface area contributed by atoms with Crippen molar-refractivity contribution in [1.29, 1.82) is 0 Å². The van der Waals surface area contributed by atoms with E-state index in [0.717, 1.165) is 49.1 Å². The van der Waals surface area contributed by atoms with Gasteiger partial charge in [0.1, 0.15) is 18.0 Å². The van der Waals surface area contributed by atoms with E-state index in [1.165, 1.54) is 10.8 Å². The summed E-state index contributed by atoms with van der Waals surface area (Å²) in [5.41, 5.74) is 0.974. The highest BCUT2D eigenvalue weighted by atomic mass is 15.3. The number of likely N-dealkylation sites (N-methyl/N-ethyl adjacent to an activating group) is 1. The van der Waals surface area contributed by atoms with Crippen molar-refractivity contribution in [2.75, 3.05) is 48.9 Å². The summed E-state index contributed by atoms with van der Waals surface area (Å²) >= 11 is 0. The summed E-state index contributed by atoms with van der Waals surface area (Å²) in [5, 5.41) is 11.3. The number of piperidine rings is 1. The van der Waals surface area contributed by atoms with Gasteiger partial charge in [-0.05, 0) is 19.8 Å². The predicted octanol–water partition coefficient (Wildman–Crippen LogP) is 2.90. The van der Waals surface area contributed by atoms with Gasteiger partial charge in [0.25, 0.3) is 0 Å². The Morgan fingerprint density at radius 1 is 1.00 bits per heavy atom. The molecule has 1 atom stereocenters. The van der Waals surface area contributed by atoms with Crippen molar-refractivity contribution < 1.29 is 0 Å². The summed E-state index contributed by atoms with van der Waals surface area (Å²) in [6, 6.07) is 10.8. The molecule has 3 aromatic rings. The third-order valence-electron chi connectivity index (χ3n) is 5.55. The first-order valence-corrected chi connectivity index (χ1v) is 9.74. The molecule has 0 N–H and O–H groups in total. The first-order valence-electron chi connectivity index (χ1n) is 9.74. The van der Waals surface area contributed by atoms with Gasteiger partial charge in [-0.3, -0.25) is 0 Å². The van der Waals surface area contributed by atoms with Crippen LogP contribution in [0, 0.1) is 6.92 Å². The molecule has 1 aliphatic rings. The minimum absolute atomic E-state index is 0.362. The molecule has 28 heavy (non-hydrogen) atoms. The third-order valence-corrected chi connectivity index (χ3v) is 5.55. The zero-order valence-electron chi connectivity index (χ0n) is 17.0. The molecule has 0 radical (unpaired) electrons. The molecule has 4 rings (SSSR count). The average molecular weight is 377 g/mol. The van der Waals surface area contributed by atoms with E-state index < -0.39 is 0 Å². The lowest BCUT2D eigenvalue weighted by Gasteiger charge is -2.39. The first-order chi connectivity index (χ1) is 13.5. The zero-order valence-corrected chi connectivity index (χ0v) is 17.0. The van der Waals surface area contributed by atoms with E-state index in [4.69, 9.17) is 0 Å². The Bertz CT molecular complexity index is 972.